The Kier molecular flexibility index (Phi) is 6.65. The molecule has 0 atom stereocenters. The Morgan fingerprint density at radius 2 is 1.96 bits per heavy atom. The molecule has 1 aromatic heterocycles. The van der Waals surface area contributed by atoms with E-state index in [1.807, 2.05) is 37.3 Å². The molecule has 0 fully saturated rings. The molecule has 0 spiro atoms. The third kappa shape index (κ3) is 6.00. The number of carbonyl (C=O) groups excluding carboxylic acids is 1. The summed E-state index contributed by atoms with van der Waals surface area (Å²) in [5.41, 5.74) is 0.661. The number of benzene rings is 2. The zero-order valence-electron chi connectivity index (χ0n) is 14.8. The van der Waals surface area contributed by atoms with E-state index in [0.29, 0.717) is 29.7 Å². The molecule has 1 amide bonds. The monoisotopic (exact) mass is 381 g/mol. The fourth-order valence-electron chi connectivity index (χ4n) is 2.24. The van der Waals surface area contributed by atoms with Crippen LogP contribution < -0.4 is 14.8 Å². The second-order valence-corrected chi connectivity index (χ2v) is 6.46. The quantitative estimate of drug-likeness (QED) is 0.583. The summed E-state index contributed by atoms with van der Waals surface area (Å²) in [6.45, 7) is 2.58. The molecule has 0 aliphatic heterocycles. The molecule has 1 heterocycles. The topological polar surface area (TPSA) is 73.3 Å². The molecular formula is C20H19N3O3S. The van der Waals surface area contributed by atoms with Gasteiger partial charge in [0.15, 0.2) is 0 Å². The number of hydrogen-bond donors (Lipinski definition) is 1. The molecule has 2 aromatic carbocycles. The zero-order chi connectivity index (χ0) is 18.9. The number of nitrogens with one attached hydrogen (secondary N) is 1. The van der Waals surface area contributed by atoms with Crippen LogP contribution in [0.15, 0.2) is 72.0 Å². The highest BCUT2D eigenvalue weighted by Crippen LogP contribution is 2.24. The molecule has 0 saturated carbocycles. The van der Waals surface area contributed by atoms with E-state index in [-0.39, 0.29) is 5.91 Å². The van der Waals surface area contributed by atoms with Crippen LogP contribution in [0.2, 0.25) is 0 Å². The first kappa shape index (κ1) is 18.7. The van der Waals surface area contributed by atoms with Gasteiger partial charge in [-0.15, -0.1) is 11.8 Å². The molecular weight excluding hydrogens is 362 g/mol. The van der Waals surface area contributed by atoms with Gasteiger partial charge in [0.25, 0.3) is 0 Å². The number of anilines is 1. The smallest absolute Gasteiger partial charge is 0.237 e. The molecule has 138 valence electrons. The number of amides is 1. The van der Waals surface area contributed by atoms with E-state index in [2.05, 4.69) is 15.3 Å². The lowest BCUT2D eigenvalue weighted by molar-refractivity contribution is -0.113. The average Bonchev–Trinajstić information content (AvgIpc) is 2.69. The van der Waals surface area contributed by atoms with Crippen LogP contribution in [0.1, 0.15) is 6.92 Å². The molecule has 0 radical (unpaired) electrons. The summed E-state index contributed by atoms with van der Waals surface area (Å²) in [4.78, 5) is 21.2. The lowest BCUT2D eigenvalue weighted by atomic mass is 10.3. The van der Waals surface area contributed by atoms with Crippen molar-refractivity contribution in [1.29, 1.82) is 0 Å². The van der Waals surface area contributed by atoms with Gasteiger partial charge in [-0.3, -0.25) is 9.78 Å². The summed E-state index contributed by atoms with van der Waals surface area (Å²) in [6, 6.07) is 14.8. The van der Waals surface area contributed by atoms with Crippen LogP contribution >= 0.6 is 11.8 Å². The summed E-state index contributed by atoms with van der Waals surface area (Å²) in [6.07, 6.45) is 4.66. The zero-order valence-corrected chi connectivity index (χ0v) is 15.6. The molecule has 0 unspecified atom stereocenters. The molecule has 6 nitrogen and oxygen atoms in total. The van der Waals surface area contributed by atoms with E-state index >= 15 is 0 Å². The molecule has 0 aliphatic carbocycles. The van der Waals surface area contributed by atoms with Crippen LogP contribution in [-0.4, -0.2) is 28.2 Å². The van der Waals surface area contributed by atoms with Gasteiger partial charge in [0.1, 0.15) is 11.5 Å². The highest BCUT2D eigenvalue weighted by molar-refractivity contribution is 8.00. The van der Waals surface area contributed by atoms with Crippen molar-refractivity contribution in [2.24, 2.45) is 0 Å². The fourth-order valence-corrected chi connectivity index (χ4v) is 2.94. The summed E-state index contributed by atoms with van der Waals surface area (Å²) < 4.78 is 11.0. The van der Waals surface area contributed by atoms with E-state index in [0.717, 1.165) is 10.6 Å². The van der Waals surface area contributed by atoms with E-state index in [9.17, 15) is 4.79 Å². The molecule has 27 heavy (non-hydrogen) atoms. The maximum atomic E-state index is 12.2. The summed E-state index contributed by atoms with van der Waals surface area (Å²) >= 11 is 1.46. The second-order valence-electron chi connectivity index (χ2n) is 5.41. The van der Waals surface area contributed by atoms with Crippen molar-refractivity contribution in [1.82, 2.24) is 9.97 Å². The largest absolute Gasteiger partial charge is 0.494 e. The van der Waals surface area contributed by atoms with Crippen molar-refractivity contribution < 1.29 is 14.3 Å². The van der Waals surface area contributed by atoms with Gasteiger partial charge in [-0.25, -0.2) is 4.98 Å². The molecule has 7 heteroatoms. The number of hydrogen-bond acceptors (Lipinski definition) is 6. The third-order valence-electron chi connectivity index (χ3n) is 3.38. The van der Waals surface area contributed by atoms with Gasteiger partial charge in [0.05, 0.1) is 18.6 Å². The molecule has 1 N–H and O–H groups in total. The Morgan fingerprint density at radius 3 is 2.70 bits per heavy atom. The van der Waals surface area contributed by atoms with Gasteiger partial charge in [0, 0.05) is 29.0 Å². The Morgan fingerprint density at radius 1 is 1.11 bits per heavy atom. The number of ether oxygens (including phenoxy) is 2. The minimum absolute atomic E-state index is 0.0921. The number of nitrogens with zero attached hydrogens (tertiary/aromatic N) is 2. The molecule has 0 bridgehead atoms. The van der Waals surface area contributed by atoms with Crippen LogP contribution in [-0.2, 0) is 4.79 Å². The predicted molar refractivity (Wildman–Crippen MR) is 106 cm³/mol. The minimum Gasteiger partial charge on any atom is -0.494 e. The maximum absolute atomic E-state index is 12.2. The summed E-state index contributed by atoms with van der Waals surface area (Å²) in [5, 5.41) is 2.87. The number of aromatic nitrogens is 2. The van der Waals surface area contributed by atoms with Crippen LogP contribution in [0.5, 0.6) is 17.4 Å². The van der Waals surface area contributed by atoms with Crippen molar-refractivity contribution in [2.75, 3.05) is 17.7 Å². The van der Waals surface area contributed by atoms with Crippen LogP contribution in [0, 0.1) is 0 Å². The lowest BCUT2D eigenvalue weighted by Crippen LogP contribution is -2.13. The van der Waals surface area contributed by atoms with Gasteiger partial charge in [-0.2, -0.15) is 0 Å². The Balaban J connectivity index is 1.52. The van der Waals surface area contributed by atoms with Gasteiger partial charge in [0.2, 0.25) is 11.8 Å². The lowest BCUT2D eigenvalue weighted by Gasteiger charge is -2.08. The Bertz CT molecular complexity index is 873. The van der Waals surface area contributed by atoms with E-state index in [1.54, 1.807) is 30.6 Å². The van der Waals surface area contributed by atoms with Gasteiger partial charge >= 0.3 is 0 Å². The number of rotatable bonds is 8. The summed E-state index contributed by atoms with van der Waals surface area (Å²) in [7, 11) is 0. The summed E-state index contributed by atoms with van der Waals surface area (Å²) in [5.74, 6) is 2.01. The Labute approximate surface area is 162 Å². The average molecular weight is 381 g/mol. The highest BCUT2D eigenvalue weighted by Gasteiger charge is 2.06. The van der Waals surface area contributed by atoms with E-state index in [4.69, 9.17) is 9.47 Å². The van der Waals surface area contributed by atoms with Crippen molar-refractivity contribution in [3.8, 4) is 17.4 Å². The van der Waals surface area contributed by atoms with E-state index < -0.39 is 0 Å². The maximum Gasteiger partial charge on any atom is 0.237 e. The fraction of sp³-hybridized carbons (Fsp3) is 0.150. The number of thioether (sulfide) groups is 1. The minimum atomic E-state index is -0.0921. The third-order valence-corrected chi connectivity index (χ3v) is 4.40. The predicted octanol–water partition coefficient (Wildman–Crippen LogP) is 4.40. The second kappa shape index (κ2) is 9.59. The van der Waals surface area contributed by atoms with Crippen molar-refractivity contribution >= 4 is 23.4 Å². The van der Waals surface area contributed by atoms with Crippen molar-refractivity contribution in [2.45, 2.75) is 11.8 Å². The standard InChI is InChI=1S/C20H19N3O3S/c1-2-25-16-6-8-18(9-7-16)27-14-19(24)23-15-4-3-5-17(12-15)26-20-13-21-10-11-22-20/h3-13H,2,14H2,1H3,(H,23,24). The van der Waals surface area contributed by atoms with Crippen LogP contribution in [0.3, 0.4) is 0 Å². The molecule has 0 saturated heterocycles. The number of carbonyl (C=O) groups is 1. The SMILES string of the molecule is CCOc1ccc(SCC(=O)Nc2cccc(Oc3cnccn3)c2)cc1. The molecule has 3 rings (SSSR count). The van der Waals surface area contributed by atoms with E-state index in [1.165, 1.54) is 18.0 Å². The van der Waals surface area contributed by atoms with Crippen LogP contribution in [0.4, 0.5) is 5.69 Å². The molecule has 3 aromatic rings. The first-order valence-corrected chi connectivity index (χ1v) is 9.41. The van der Waals surface area contributed by atoms with Crippen molar-refractivity contribution in [3.63, 3.8) is 0 Å². The van der Waals surface area contributed by atoms with Gasteiger partial charge in [-0.1, -0.05) is 6.07 Å². The van der Waals surface area contributed by atoms with Gasteiger partial charge in [-0.05, 0) is 43.3 Å². The van der Waals surface area contributed by atoms with Gasteiger partial charge < -0.3 is 14.8 Å². The highest BCUT2D eigenvalue weighted by atomic mass is 32.2. The Hall–Kier alpha value is -3.06. The normalized spacial score (nSPS) is 10.3. The first-order chi connectivity index (χ1) is 13.2. The molecule has 0 aliphatic rings. The van der Waals surface area contributed by atoms with Crippen LogP contribution in [0.25, 0.3) is 0 Å². The first-order valence-electron chi connectivity index (χ1n) is 8.42. The van der Waals surface area contributed by atoms with Crippen molar-refractivity contribution in [3.05, 3.63) is 67.1 Å².